The molecule has 0 N–H and O–H groups in total. The number of carbonyl (C=O) groups excluding carboxylic acids is 1. The molecule has 0 amide bonds. The lowest BCUT2D eigenvalue weighted by Gasteiger charge is -1.94. The number of aldehydes is 1. The monoisotopic (exact) mass is 169 g/mol. The van der Waals surface area contributed by atoms with E-state index in [0.29, 0.717) is 11.6 Å². The summed E-state index contributed by atoms with van der Waals surface area (Å²) in [6, 6.07) is 0. The van der Waals surface area contributed by atoms with Crippen LogP contribution in [0.5, 0.6) is 0 Å². The van der Waals surface area contributed by atoms with Gasteiger partial charge >= 0.3 is 0 Å². The predicted molar refractivity (Wildman–Crippen MR) is 46.3 cm³/mol. The Labute approximate surface area is 70.3 Å². The van der Waals surface area contributed by atoms with Gasteiger partial charge in [-0.2, -0.15) is 0 Å². The molecule has 3 heteroatoms. The number of hydrogen-bond acceptors (Lipinski definition) is 3. The minimum Gasteiger partial charge on any atom is -0.296 e. The van der Waals surface area contributed by atoms with Crippen molar-refractivity contribution < 1.29 is 4.79 Å². The predicted octanol–water partition coefficient (Wildman–Crippen LogP) is 2.39. The Balaban J connectivity index is 3.04. The standard InChI is InChI=1S/C8H11NOS/c1-5(2)8-9-7(4-10)6(3)11-8/h4-5H,1-3H3. The zero-order valence-electron chi connectivity index (χ0n) is 6.92. The molecule has 0 aromatic carbocycles. The minimum absolute atomic E-state index is 0.424. The van der Waals surface area contributed by atoms with Crippen molar-refractivity contribution in [3.05, 3.63) is 15.6 Å². The van der Waals surface area contributed by atoms with Gasteiger partial charge in [-0.05, 0) is 6.92 Å². The number of carbonyl (C=O) groups is 1. The molecular formula is C8H11NOS. The molecule has 11 heavy (non-hydrogen) atoms. The lowest BCUT2D eigenvalue weighted by Crippen LogP contribution is -1.86. The fourth-order valence-corrected chi connectivity index (χ4v) is 1.68. The first-order valence-electron chi connectivity index (χ1n) is 3.57. The number of aryl methyl sites for hydroxylation is 1. The van der Waals surface area contributed by atoms with E-state index in [9.17, 15) is 4.79 Å². The van der Waals surface area contributed by atoms with E-state index in [1.807, 2.05) is 6.92 Å². The van der Waals surface area contributed by atoms with Crippen LogP contribution in [0.2, 0.25) is 0 Å². The Morgan fingerprint density at radius 1 is 1.55 bits per heavy atom. The maximum absolute atomic E-state index is 10.4. The molecule has 0 fully saturated rings. The molecule has 0 atom stereocenters. The van der Waals surface area contributed by atoms with E-state index >= 15 is 0 Å². The summed E-state index contributed by atoms with van der Waals surface area (Å²) < 4.78 is 0. The van der Waals surface area contributed by atoms with Crippen molar-refractivity contribution >= 4 is 17.6 Å². The summed E-state index contributed by atoms with van der Waals surface area (Å²) >= 11 is 1.60. The molecule has 1 aromatic heterocycles. The van der Waals surface area contributed by atoms with Crippen molar-refractivity contribution in [2.75, 3.05) is 0 Å². The molecule has 0 bridgehead atoms. The summed E-state index contributed by atoms with van der Waals surface area (Å²) in [5, 5.41) is 1.05. The molecule has 1 aromatic rings. The Morgan fingerprint density at radius 2 is 2.18 bits per heavy atom. The quantitative estimate of drug-likeness (QED) is 0.636. The summed E-state index contributed by atoms with van der Waals surface area (Å²) in [6.07, 6.45) is 0.817. The topological polar surface area (TPSA) is 30.0 Å². The number of thiazole rings is 1. The molecule has 0 radical (unpaired) electrons. The lowest BCUT2D eigenvalue weighted by molar-refractivity contribution is 0.111. The van der Waals surface area contributed by atoms with Crippen LogP contribution in [-0.2, 0) is 0 Å². The van der Waals surface area contributed by atoms with E-state index in [2.05, 4.69) is 18.8 Å². The van der Waals surface area contributed by atoms with Gasteiger partial charge in [-0.1, -0.05) is 13.8 Å². The van der Waals surface area contributed by atoms with Crippen LogP contribution in [-0.4, -0.2) is 11.3 Å². The first kappa shape index (κ1) is 8.40. The number of hydrogen-bond donors (Lipinski definition) is 0. The molecular weight excluding hydrogens is 158 g/mol. The van der Waals surface area contributed by atoms with Crippen LogP contribution in [0.4, 0.5) is 0 Å². The zero-order valence-corrected chi connectivity index (χ0v) is 7.73. The van der Waals surface area contributed by atoms with Crippen LogP contribution in [0.15, 0.2) is 0 Å². The van der Waals surface area contributed by atoms with E-state index in [4.69, 9.17) is 0 Å². The van der Waals surface area contributed by atoms with Crippen molar-refractivity contribution in [3.63, 3.8) is 0 Å². The highest BCUT2D eigenvalue weighted by molar-refractivity contribution is 7.11. The molecule has 60 valence electrons. The van der Waals surface area contributed by atoms with Crippen molar-refractivity contribution in [1.82, 2.24) is 4.98 Å². The molecule has 0 aliphatic heterocycles. The number of nitrogens with zero attached hydrogens (tertiary/aromatic N) is 1. The first-order valence-corrected chi connectivity index (χ1v) is 4.39. The van der Waals surface area contributed by atoms with E-state index < -0.39 is 0 Å². The van der Waals surface area contributed by atoms with Gasteiger partial charge < -0.3 is 0 Å². The van der Waals surface area contributed by atoms with Gasteiger partial charge in [-0.15, -0.1) is 11.3 Å². The van der Waals surface area contributed by atoms with E-state index in [-0.39, 0.29) is 0 Å². The third-order valence-electron chi connectivity index (χ3n) is 1.45. The van der Waals surface area contributed by atoms with Crippen LogP contribution in [0, 0.1) is 6.92 Å². The average molecular weight is 169 g/mol. The molecule has 0 unspecified atom stereocenters. The highest BCUT2D eigenvalue weighted by atomic mass is 32.1. The number of rotatable bonds is 2. The molecule has 0 saturated heterocycles. The fraction of sp³-hybridized carbons (Fsp3) is 0.500. The summed E-state index contributed by atoms with van der Waals surface area (Å²) in [6.45, 7) is 6.08. The second-order valence-electron chi connectivity index (χ2n) is 2.77. The maximum Gasteiger partial charge on any atom is 0.169 e. The summed E-state index contributed by atoms with van der Waals surface area (Å²) in [5.41, 5.74) is 0.596. The van der Waals surface area contributed by atoms with Gasteiger partial charge in [0.15, 0.2) is 6.29 Å². The Bertz CT molecular complexity index is 265. The maximum atomic E-state index is 10.4. The molecule has 0 aliphatic carbocycles. The third-order valence-corrected chi connectivity index (χ3v) is 2.74. The SMILES string of the molecule is Cc1sc(C(C)C)nc1C=O. The van der Waals surface area contributed by atoms with E-state index in [1.54, 1.807) is 11.3 Å². The second kappa shape index (κ2) is 3.13. The Kier molecular flexibility index (Phi) is 2.39. The van der Waals surface area contributed by atoms with Gasteiger partial charge in [-0.25, -0.2) is 4.98 Å². The van der Waals surface area contributed by atoms with Gasteiger partial charge in [0.1, 0.15) is 5.69 Å². The largest absolute Gasteiger partial charge is 0.296 e. The van der Waals surface area contributed by atoms with Crippen molar-refractivity contribution in [1.29, 1.82) is 0 Å². The minimum atomic E-state index is 0.424. The lowest BCUT2D eigenvalue weighted by atomic mass is 10.2. The second-order valence-corrected chi connectivity index (χ2v) is 4.00. The fourth-order valence-electron chi connectivity index (χ4n) is 0.786. The Morgan fingerprint density at radius 3 is 2.45 bits per heavy atom. The van der Waals surface area contributed by atoms with Crippen LogP contribution in [0.25, 0.3) is 0 Å². The van der Waals surface area contributed by atoms with Crippen LogP contribution in [0.3, 0.4) is 0 Å². The van der Waals surface area contributed by atoms with E-state index in [0.717, 1.165) is 16.2 Å². The Hall–Kier alpha value is -0.700. The molecule has 0 saturated carbocycles. The molecule has 2 nitrogen and oxygen atoms in total. The smallest absolute Gasteiger partial charge is 0.169 e. The van der Waals surface area contributed by atoms with Crippen molar-refractivity contribution in [3.8, 4) is 0 Å². The molecule has 1 heterocycles. The van der Waals surface area contributed by atoms with Gasteiger partial charge in [0, 0.05) is 10.8 Å². The van der Waals surface area contributed by atoms with Crippen molar-refractivity contribution in [2.45, 2.75) is 26.7 Å². The summed E-state index contributed by atoms with van der Waals surface area (Å²) in [5.74, 6) is 0.424. The number of aromatic nitrogens is 1. The summed E-state index contributed by atoms with van der Waals surface area (Å²) in [4.78, 5) is 15.6. The normalized spacial score (nSPS) is 10.5. The highest BCUT2D eigenvalue weighted by Gasteiger charge is 2.08. The molecule has 1 rings (SSSR count). The average Bonchev–Trinajstić information content (AvgIpc) is 2.31. The van der Waals surface area contributed by atoms with Crippen molar-refractivity contribution in [2.24, 2.45) is 0 Å². The first-order chi connectivity index (χ1) is 5.15. The van der Waals surface area contributed by atoms with Crippen LogP contribution in [0.1, 0.15) is 40.1 Å². The summed E-state index contributed by atoms with van der Waals surface area (Å²) in [7, 11) is 0. The van der Waals surface area contributed by atoms with Gasteiger partial charge in [-0.3, -0.25) is 4.79 Å². The van der Waals surface area contributed by atoms with E-state index in [1.165, 1.54) is 0 Å². The van der Waals surface area contributed by atoms with Gasteiger partial charge in [0.2, 0.25) is 0 Å². The van der Waals surface area contributed by atoms with Gasteiger partial charge in [0.05, 0.1) is 5.01 Å². The van der Waals surface area contributed by atoms with Gasteiger partial charge in [0.25, 0.3) is 0 Å². The highest BCUT2D eigenvalue weighted by Crippen LogP contribution is 2.22. The van der Waals surface area contributed by atoms with Crippen LogP contribution < -0.4 is 0 Å². The molecule has 0 aliphatic rings. The third kappa shape index (κ3) is 1.66. The zero-order chi connectivity index (χ0) is 8.43. The molecule has 0 spiro atoms. The van der Waals surface area contributed by atoms with Crippen LogP contribution >= 0.6 is 11.3 Å².